The molecular formula is C9H9NO. The van der Waals surface area contributed by atoms with Crippen LogP contribution in [0.15, 0.2) is 12.3 Å². The van der Waals surface area contributed by atoms with Gasteiger partial charge in [0.05, 0.1) is 0 Å². The Balaban J connectivity index is 2.86. The molecule has 0 saturated heterocycles. The van der Waals surface area contributed by atoms with E-state index in [1.807, 2.05) is 12.3 Å². The van der Waals surface area contributed by atoms with E-state index < -0.39 is 0 Å². The molecule has 11 heavy (non-hydrogen) atoms. The smallest absolute Gasteiger partial charge is 0.146 e. The molecular weight excluding hydrogens is 138 g/mol. The third-order valence-corrected chi connectivity index (χ3v) is 2.03. The first-order chi connectivity index (χ1) is 5.42. The maximum Gasteiger partial charge on any atom is 0.146 e. The van der Waals surface area contributed by atoms with Crippen molar-refractivity contribution in [1.82, 2.24) is 4.98 Å². The monoisotopic (exact) mass is 147 g/mol. The predicted octanol–water partition coefficient (Wildman–Crippen LogP) is -0.0614. The van der Waals surface area contributed by atoms with Crippen molar-refractivity contribution in [1.29, 1.82) is 0 Å². The molecule has 1 aliphatic rings. The molecule has 2 nitrogen and oxygen atoms in total. The molecule has 1 N–H and O–H groups in total. The Bertz CT molecular complexity index is 386. The van der Waals surface area contributed by atoms with Crippen LogP contribution in [0.4, 0.5) is 0 Å². The van der Waals surface area contributed by atoms with Crippen molar-refractivity contribution in [2.75, 3.05) is 0 Å². The Kier molecular flexibility index (Phi) is 1.39. The van der Waals surface area contributed by atoms with Gasteiger partial charge in [0.2, 0.25) is 0 Å². The number of rotatable bonds is 1. The van der Waals surface area contributed by atoms with Gasteiger partial charge in [-0.1, -0.05) is 6.08 Å². The van der Waals surface area contributed by atoms with Crippen LogP contribution in [0.3, 0.4) is 0 Å². The topological polar surface area (TPSA) is 32.9 Å². The van der Waals surface area contributed by atoms with Gasteiger partial charge in [0.15, 0.2) is 0 Å². The lowest BCUT2D eigenvalue weighted by atomic mass is 10.1. The van der Waals surface area contributed by atoms with Gasteiger partial charge in [0.25, 0.3) is 0 Å². The molecule has 1 aromatic heterocycles. The van der Waals surface area contributed by atoms with Crippen molar-refractivity contribution < 1.29 is 4.79 Å². The number of fused-ring (bicyclic) bond motifs is 1. The van der Waals surface area contributed by atoms with Crippen LogP contribution in [0.25, 0.3) is 11.6 Å². The minimum absolute atomic E-state index is 0.883. The van der Waals surface area contributed by atoms with Crippen LogP contribution in [-0.4, -0.2) is 11.3 Å². The standard InChI is InChI=1S/C9H9NO/c11-6-7-2-1-3-9-8(7)4-5-10-9/h3-6,10H,1-2H2. The van der Waals surface area contributed by atoms with Crippen molar-refractivity contribution in [3.8, 4) is 0 Å². The van der Waals surface area contributed by atoms with E-state index in [9.17, 15) is 4.79 Å². The average Bonchev–Trinajstić information content (AvgIpc) is 2.50. The summed E-state index contributed by atoms with van der Waals surface area (Å²) in [4.78, 5) is 13.6. The lowest BCUT2D eigenvalue weighted by molar-refractivity contribution is -0.103. The van der Waals surface area contributed by atoms with E-state index >= 15 is 0 Å². The summed E-state index contributed by atoms with van der Waals surface area (Å²) in [6.45, 7) is 0. The molecule has 0 amide bonds. The highest BCUT2D eigenvalue weighted by Gasteiger charge is 2.02. The summed E-state index contributed by atoms with van der Waals surface area (Å²) in [5, 5.41) is 2.17. The molecule has 2 heteroatoms. The zero-order chi connectivity index (χ0) is 7.68. The molecule has 1 aromatic rings. The Labute approximate surface area is 64.2 Å². The number of carbonyl (C=O) groups is 1. The summed E-state index contributed by atoms with van der Waals surface area (Å²) in [5.74, 6) is 0. The lowest BCUT2D eigenvalue weighted by Gasteiger charge is -1.99. The van der Waals surface area contributed by atoms with Crippen LogP contribution in [0.1, 0.15) is 12.8 Å². The number of aldehydes is 1. The molecule has 0 aromatic carbocycles. The van der Waals surface area contributed by atoms with Gasteiger partial charge in [0, 0.05) is 22.3 Å². The van der Waals surface area contributed by atoms with Crippen LogP contribution in [0, 0.1) is 0 Å². The molecule has 0 atom stereocenters. The summed E-state index contributed by atoms with van der Waals surface area (Å²) < 4.78 is 0. The zero-order valence-electron chi connectivity index (χ0n) is 6.13. The van der Waals surface area contributed by atoms with Crippen molar-refractivity contribution in [3.63, 3.8) is 0 Å². The largest absolute Gasteiger partial charge is 0.361 e. The third kappa shape index (κ3) is 0.909. The molecule has 0 bridgehead atoms. The third-order valence-electron chi connectivity index (χ3n) is 2.03. The van der Waals surface area contributed by atoms with Crippen molar-refractivity contribution >= 4 is 17.9 Å². The highest BCUT2D eigenvalue weighted by Crippen LogP contribution is 2.03. The minimum Gasteiger partial charge on any atom is -0.361 e. The van der Waals surface area contributed by atoms with Gasteiger partial charge >= 0.3 is 0 Å². The molecule has 1 aliphatic carbocycles. The highest BCUT2D eigenvalue weighted by atomic mass is 16.1. The van der Waals surface area contributed by atoms with Crippen LogP contribution in [-0.2, 0) is 4.79 Å². The van der Waals surface area contributed by atoms with Crippen LogP contribution in [0.2, 0.25) is 0 Å². The normalized spacial score (nSPS) is 15.5. The van der Waals surface area contributed by atoms with E-state index in [1.54, 1.807) is 0 Å². The molecule has 0 saturated carbocycles. The molecule has 0 radical (unpaired) electrons. The number of aromatic nitrogens is 1. The van der Waals surface area contributed by atoms with E-state index in [1.165, 1.54) is 0 Å². The van der Waals surface area contributed by atoms with Gasteiger partial charge in [-0.15, -0.1) is 0 Å². The van der Waals surface area contributed by atoms with Gasteiger partial charge < -0.3 is 4.98 Å². The fourth-order valence-electron chi connectivity index (χ4n) is 1.46. The fraction of sp³-hybridized carbons (Fsp3) is 0.222. The maximum absolute atomic E-state index is 10.6. The maximum atomic E-state index is 10.6. The molecule has 0 unspecified atom stereocenters. The van der Waals surface area contributed by atoms with Gasteiger partial charge in [-0.25, -0.2) is 0 Å². The summed E-state index contributed by atoms with van der Waals surface area (Å²) >= 11 is 0. The molecule has 56 valence electrons. The van der Waals surface area contributed by atoms with Crippen LogP contribution < -0.4 is 10.6 Å². The first-order valence-electron chi connectivity index (χ1n) is 3.74. The van der Waals surface area contributed by atoms with E-state index in [0.29, 0.717) is 0 Å². The summed E-state index contributed by atoms with van der Waals surface area (Å²) in [6.07, 6.45) is 6.81. The number of hydrogen-bond acceptors (Lipinski definition) is 1. The van der Waals surface area contributed by atoms with E-state index in [-0.39, 0.29) is 0 Å². The Morgan fingerprint density at radius 2 is 2.45 bits per heavy atom. The number of hydrogen-bond donors (Lipinski definition) is 1. The predicted molar refractivity (Wildman–Crippen MR) is 43.2 cm³/mol. The van der Waals surface area contributed by atoms with E-state index in [4.69, 9.17) is 0 Å². The lowest BCUT2D eigenvalue weighted by Crippen LogP contribution is -2.27. The van der Waals surface area contributed by atoms with Gasteiger partial charge in [-0.2, -0.15) is 0 Å². The number of H-pyrrole nitrogens is 1. The van der Waals surface area contributed by atoms with E-state index in [0.717, 1.165) is 35.3 Å². The second-order valence-electron chi connectivity index (χ2n) is 2.69. The van der Waals surface area contributed by atoms with Gasteiger partial charge in [-0.05, 0) is 18.9 Å². The Hall–Kier alpha value is -1.31. The minimum atomic E-state index is 0.883. The Morgan fingerprint density at radius 1 is 1.55 bits per heavy atom. The van der Waals surface area contributed by atoms with Gasteiger partial charge in [-0.3, -0.25) is 4.79 Å². The molecule has 2 rings (SSSR count). The highest BCUT2D eigenvalue weighted by molar-refractivity contribution is 5.98. The summed E-state index contributed by atoms with van der Waals surface area (Å²) in [5.41, 5.74) is 0.920. The Morgan fingerprint density at radius 3 is 3.27 bits per heavy atom. The fourth-order valence-corrected chi connectivity index (χ4v) is 1.46. The number of carbonyl (C=O) groups excluding carboxylic acids is 1. The van der Waals surface area contributed by atoms with Crippen LogP contribution in [0.5, 0.6) is 0 Å². The first-order valence-corrected chi connectivity index (χ1v) is 3.74. The molecule has 0 fully saturated rings. The number of nitrogens with one attached hydrogen (secondary N) is 1. The summed E-state index contributed by atoms with van der Waals surface area (Å²) in [7, 11) is 0. The van der Waals surface area contributed by atoms with Crippen molar-refractivity contribution in [2.24, 2.45) is 0 Å². The van der Waals surface area contributed by atoms with Gasteiger partial charge in [0.1, 0.15) is 6.29 Å². The van der Waals surface area contributed by atoms with Crippen molar-refractivity contribution in [2.45, 2.75) is 12.8 Å². The SMILES string of the molecule is O=CC1=c2cc[nH]c2=CCC1. The van der Waals surface area contributed by atoms with E-state index in [2.05, 4.69) is 11.1 Å². The second-order valence-corrected chi connectivity index (χ2v) is 2.69. The average molecular weight is 147 g/mol. The molecule has 1 heterocycles. The number of aromatic amines is 1. The second kappa shape index (κ2) is 2.38. The first kappa shape index (κ1) is 6.40. The molecule has 0 spiro atoms. The quantitative estimate of drug-likeness (QED) is 0.554. The zero-order valence-corrected chi connectivity index (χ0v) is 6.13. The molecule has 0 aliphatic heterocycles. The van der Waals surface area contributed by atoms with Crippen LogP contribution >= 0.6 is 0 Å². The van der Waals surface area contributed by atoms with Crippen molar-refractivity contribution in [3.05, 3.63) is 22.8 Å². The summed E-state index contributed by atoms with van der Waals surface area (Å²) in [6, 6.07) is 1.95.